The van der Waals surface area contributed by atoms with Crippen LogP contribution < -0.4 is 0 Å². The lowest BCUT2D eigenvalue weighted by Crippen LogP contribution is -2.28. The fraction of sp³-hybridized carbons (Fsp3) is 0.714. The van der Waals surface area contributed by atoms with E-state index in [0.29, 0.717) is 6.42 Å². The van der Waals surface area contributed by atoms with Crippen molar-refractivity contribution in [2.45, 2.75) is 59.9 Å². The van der Waals surface area contributed by atoms with Gasteiger partial charge in [-0.25, -0.2) is 0 Å². The lowest BCUT2D eigenvalue weighted by molar-refractivity contribution is 0.0909. The molecule has 0 unspecified atom stereocenters. The van der Waals surface area contributed by atoms with Gasteiger partial charge in [0.1, 0.15) is 0 Å². The van der Waals surface area contributed by atoms with E-state index in [9.17, 15) is 4.79 Å². The molecule has 0 saturated heterocycles. The minimum atomic E-state index is 0.0839. The van der Waals surface area contributed by atoms with Gasteiger partial charge in [-0.15, -0.1) is 0 Å². The summed E-state index contributed by atoms with van der Waals surface area (Å²) in [5.41, 5.74) is 3.18. The number of hydrogen-bond acceptors (Lipinski definition) is 2. The minimum Gasteiger partial charge on any atom is -0.294 e. The van der Waals surface area contributed by atoms with E-state index < -0.39 is 0 Å². The summed E-state index contributed by atoms with van der Waals surface area (Å²) in [5, 5.41) is 4.61. The number of carbonyl (C=O) groups is 1. The summed E-state index contributed by atoms with van der Waals surface area (Å²) in [6.07, 6.45) is 3.54. The number of Topliss-reactive ketones (excluding diaryl/α,β-unsaturated/α-hetero) is 1. The fourth-order valence-electron chi connectivity index (χ4n) is 2.74. The van der Waals surface area contributed by atoms with E-state index in [0.717, 1.165) is 37.1 Å². The number of aromatic nitrogens is 2. The summed E-state index contributed by atoms with van der Waals surface area (Å²) in [6.45, 7) is 9.48. The van der Waals surface area contributed by atoms with E-state index in [1.54, 1.807) is 0 Å². The first-order valence-corrected chi connectivity index (χ1v) is 6.60. The molecule has 1 heterocycles. The highest BCUT2D eigenvalue weighted by Crippen LogP contribution is 2.36. The standard InChI is InChI=1S/C14H22N2O/c1-5-7-16-11-8-14(3,4)9-12(17)13(11)10(6-2)15-16/h5-9H2,1-4H3. The molecule has 94 valence electrons. The highest BCUT2D eigenvalue weighted by molar-refractivity contribution is 5.99. The van der Waals surface area contributed by atoms with E-state index in [1.807, 2.05) is 0 Å². The third-order valence-electron chi connectivity index (χ3n) is 3.46. The Morgan fingerprint density at radius 2 is 2.00 bits per heavy atom. The molecule has 1 aromatic heterocycles. The monoisotopic (exact) mass is 234 g/mol. The molecular formula is C14H22N2O. The number of aryl methyl sites for hydroxylation is 2. The van der Waals surface area contributed by atoms with Crippen LogP contribution >= 0.6 is 0 Å². The summed E-state index contributed by atoms with van der Waals surface area (Å²) in [5.74, 6) is 0.287. The molecule has 3 heteroatoms. The van der Waals surface area contributed by atoms with Crippen LogP contribution in [0.1, 0.15) is 62.3 Å². The third-order valence-corrected chi connectivity index (χ3v) is 3.46. The maximum Gasteiger partial charge on any atom is 0.167 e. The highest BCUT2D eigenvalue weighted by atomic mass is 16.1. The smallest absolute Gasteiger partial charge is 0.167 e. The molecular weight excluding hydrogens is 212 g/mol. The van der Waals surface area contributed by atoms with Crippen molar-refractivity contribution >= 4 is 5.78 Å². The fourth-order valence-corrected chi connectivity index (χ4v) is 2.74. The van der Waals surface area contributed by atoms with Crippen molar-refractivity contribution in [1.29, 1.82) is 0 Å². The van der Waals surface area contributed by atoms with Gasteiger partial charge < -0.3 is 0 Å². The van der Waals surface area contributed by atoms with Crippen LogP contribution in [0, 0.1) is 5.41 Å². The van der Waals surface area contributed by atoms with Crippen LogP contribution in [0.4, 0.5) is 0 Å². The predicted octanol–water partition coefficient (Wildman–Crippen LogP) is 3.01. The first-order chi connectivity index (χ1) is 7.98. The second-order valence-electron chi connectivity index (χ2n) is 5.79. The molecule has 17 heavy (non-hydrogen) atoms. The maximum atomic E-state index is 12.2. The summed E-state index contributed by atoms with van der Waals surface area (Å²) in [6, 6.07) is 0. The van der Waals surface area contributed by atoms with Gasteiger partial charge in [0.05, 0.1) is 17.0 Å². The molecule has 0 bridgehead atoms. The average Bonchev–Trinajstić information content (AvgIpc) is 2.55. The Morgan fingerprint density at radius 1 is 1.29 bits per heavy atom. The highest BCUT2D eigenvalue weighted by Gasteiger charge is 2.35. The second-order valence-corrected chi connectivity index (χ2v) is 5.79. The molecule has 0 aliphatic heterocycles. The summed E-state index contributed by atoms with van der Waals surface area (Å²) in [4.78, 5) is 12.2. The van der Waals surface area contributed by atoms with E-state index in [2.05, 4.69) is 37.5 Å². The average molecular weight is 234 g/mol. The van der Waals surface area contributed by atoms with E-state index in [4.69, 9.17) is 0 Å². The normalized spacial score (nSPS) is 18.2. The zero-order valence-electron chi connectivity index (χ0n) is 11.3. The van der Waals surface area contributed by atoms with Crippen molar-refractivity contribution in [1.82, 2.24) is 9.78 Å². The van der Waals surface area contributed by atoms with Crippen LogP contribution in [0.25, 0.3) is 0 Å². The molecule has 0 amide bonds. The summed E-state index contributed by atoms with van der Waals surface area (Å²) >= 11 is 0. The van der Waals surface area contributed by atoms with Crippen LogP contribution in [0.15, 0.2) is 0 Å². The molecule has 0 fully saturated rings. The van der Waals surface area contributed by atoms with Crippen LogP contribution in [-0.4, -0.2) is 15.6 Å². The van der Waals surface area contributed by atoms with Gasteiger partial charge in [-0.2, -0.15) is 5.10 Å². The third kappa shape index (κ3) is 2.15. The van der Waals surface area contributed by atoms with Crippen molar-refractivity contribution in [2.75, 3.05) is 0 Å². The summed E-state index contributed by atoms with van der Waals surface area (Å²) in [7, 11) is 0. The predicted molar refractivity (Wildman–Crippen MR) is 68.3 cm³/mol. The lowest BCUT2D eigenvalue weighted by atomic mass is 9.75. The summed E-state index contributed by atoms with van der Waals surface area (Å²) < 4.78 is 2.06. The van der Waals surface area contributed by atoms with Gasteiger partial charge in [0.25, 0.3) is 0 Å². The van der Waals surface area contributed by atoms with Crippen LogP contribution in [0.3, 0.4) is 0 Å². The molecule has 3 nitrogen and oxygen atoms in total. The van der Waals surface area contributed by atoms with E-state index in [-0.39, 0.29) is 11.2 Å². The number of rotatable bonds is 3. The van der Waals surface area contributed by atoms with Gasteiger partial charge in [-0.05, 0) is 24.7 Å². The SMILES string of the molecule is CCCn1nc(CC)c2c1CC(C)(C)CC2=O. The van der Waals surface area contributed by atoms with Crippen LogP contribution in [-0.2, 0) is 19.4 Å². The van der Waals surface area contributed by atoms with Crippen LogP contribution in [0.5, 0.6) is 0 Å². The first kappa shape index (κ1) is 12.3. The van der Waals surface area contributed by atoms with Crippen molar-refractivity contribution in [3.63, 3.8) is 0 Å². The lowest BCUT2D eigenvalue weighted by Gasteiger charge is -2.29. The zero-order chi connectivity index (χ0) is 12.6. The zero-order valence-corrected chi connectivity index (χ0v) is 11.3. The molecule has 0 saturated carbocycles. The van der Waals surface area contributed by atoms with Gasteiger partial charge in [0, 0.05) is 13.0 Å². The quantitative estimate of drug-likeness (QED) is 0.805. The Morgan fingerprint density at radius 3 is 2.59 bits per heavy atom. The Labute approximate surface area is 103 Å². The number of nitrogens with zero attached hydrogens (tertiary/aromatic N) is 2. The molecule has 2 rings (SSSR count). The first-order valence-electron chi connectivity index (χ1n) is 6.60. The van der Waals surface area contributed by atoms with Gasteiger partial charge in [-0.1, -0.05) is 27.7 Å². The van der Waals surface area contributed by atoms with Crippen molar-refractivity contribution in [2.24, 2.45) is 5.41 Å². The molecule has 0 N–H and O–H groups in total. The van der Waals surface area contributed by atoms with E-state index >= 15 is 0 Å². The Bertz CT molecular complexity index is 443. The molecule has 0 spiro atoms. The van der Waals surface area contributed by atoms with Crippen molar-refractivity contribution in [3.8, 4) is 0 Å². The van der Waals surface area contributed by atoms with E-state index in [1.165, 1.54) is 5.69 Å². The molecule has 0 radical (unpaired) electrons. The molecule has 1 aliphatic rings. The minimum absolute atomic E-state index is 0.0839. The molecule has 0 atom stereocenters. The van der Waals surface area contributed by atoms with Gasteiger partial charge >= 0.3 is 0 Å². The Hall–Kier alpha value is -1.12. The maximum absolute atomic E-state index is 12.2. The number of fused-ring (bicyclic) bond motifs is 1. The molecule has 1 aromatic rings. The van der Waals surface area contributed by atoms with Gasteiger partial charge in [0.2, 0.25) is 0 Å². The Balaban J connectivity index is 2.51. The Kier molecular flexibility index (Phi) is 3.11. The number of carbonyl (C=O) groups excluding carboxylic acids is 1. The second kappa shape index (κ2) is 4.28. The largest absolute Gasteiger partial charge is 0.294 e. The van der Waals surface area contributed by atoms with Gasteiger partial charge in [-0.3, -0.25) is 9.48 Å². The molecule has 0 aromatic carbocycles. The molecule has 1 aliphatic carbocycles. The van der Waals surface area contributed by atoms with Crippen molar-refractivity contribution in [3.05, 3.63) is 17.0 Å². The topological polar surface area (TPSA) is 34.9 Å². The van der Waals surface area contributed by atoms with Crippen molar-refractivity contribution < 1.29 is 4.79 Å². The van der Waals surface area contributed by atoms with Gasteiger partial charge in [0.15, 0.2) is 5.78 Å². The number of ketones is 1. The number of hydrogen-bond donors (Lipinski definition) is 0. The van der Waals surface area contributed by atoms with Crippen LogP contribution in [0.2, 0.25) is 0 Å².